The molecule has 1 unspecified atom stereocenters. The zero-order valence-corrected chi connectivity index (χ0v) is 11.4. The van der Waals surface area contributed by atoms with Crippen molar-refractivity contribution in [2.45, 2.75) is 32.2 Å². The standard InChI is InChI=1S/C16H21NO2/c1-12(2)11-19-14-8-6-13(7-9-14)16(18)15-5-3-4-10-17-15/h6-9,15,17H,1,3-5,10-11H2,2H3. The minimum Gasteiger partial charge on any atom is -0.489 e. The summed E-state index contributed by atoms with van der Waals surface area (Å²) < 4.78 is 5.52. The molecule has 3 nitrogen and oxygen atoms in total. The summed E-state index contributed by atoms with van der Waals surface area (Å²) >= 11 is 0. The minimum atomic E-state index is -0.0177. The van der Waals surface area contributed by atoms with Crippen molar-refractivity contribution in [3.05, 3.63) is 42.0 Å². The Morgan fingerprint density at radius 2 is 2.11 bits per heavy atom. The molecule has 0 spiro atoms. The minimum absolute atomic E-state index is 0.0177. The van der Waals surface area contributed by atoms with Crippen LogP contribution < -0.4 is 10.1 Å². The average molecular weight is 259 g/mol. The van der Waals surface area contributed by atoms with Crippen LogP contribution in [0.3, 0.4) is 0 Å². The first-order valence-electron chi connectivity index (χ1n) is 6.81. The van der Waals surface area contributed by atoms with E-state index < -0.39 is 0 Å². The molecule has 1 aromatic rings. The fourth-order valence-corrected chi connectivity index (χ4v) is 2.20. The van der Waals surface area contributed by atoms with Crippen molar-refractivity contribution in [2.75, 3.05) is 13.2 Å². The lowest BCUT2D eigenvalue weighted by atomic mass is 9.96. The van der Waals surface area contributed by atoms with Crippen LogP contribution in [0.2, 0.25) is 0 Å². The Hall–Kier alpha value is -1.61. The van der Waals surface area contributed by atoms with E-state index in [9.17, 15) is 4.79 Å². The molecule has 1 saturated heterocycles. The van der Waals surface area contributed by atoms with Gasteiger partial charge in [-0.25, -0.2) is 0 Å². The van der Waals surface area contributed by atoms with Crippen molar-refractivity contribution in [3.8, 4) is 5.75 Å². The summed E-state index contributed by atoms with van der Waals surface area (Å²) in [4.78, 5) is 12.3. The first-order valence-corrected chi connectivity index (χ1v) is 6.81. The summed E-state index contributed by atoms with van der Waals surface area (Å²) in [5, 5.41) is 3.28. The lowest BCUT2D eigenvalue weighted by molar-refractivity contribution is 0.0927. The number of carbonyl (C=O) groups excluding carboxylic acids is 1. The van der Waals surface area contributed by atoms with Crippen LogP contribution in [0.25, 0.3) is 0 Å². The molecular formula is C16H21NO2. The van der Waals surface area contributed by atoms with Gasteiger partial charge in [-0.15, -0.1) is 0 Å². The van der Waals surface area contributed by atoms with Crippen molar-refractivity contribution in [3.63, 3.8) is 0 Å². The van der Waals surface area contributed by atoms with Gasteiger partial charge >= 0.3 is 0 Å². The predicted octanol–water partition coefficient (Wildman–Crippen LogP) is 2.97. The molecule has 0 amide bonds. The van der Waals surface area contributed by atoms with Crippen LogP contribution >= 0.6 is 0 Å². The number of benzene rings is 1. The molecule has 1 aromatic carbocycles. The molecule has 0 saturated carbocycles. The Morgan fingerprint density at radius 1 is 1.37 bits per heavy atom. The van der Waals surface area contributed by atoms with E-state index in [1.165, 1.54) is 0 Å². The number of ether oxygens (including phenoxy) is 1. The second-order valence-electron chi connectivity index (χ2n) is 5.14. The van der Waals surface area contributed by atoms with Gasteiger partial charge in [0.1, 0.15) is 12.4 Å². The fourth-order valence-electron chi connectivity index (χ4n) is 2.20. The Labute approximate surface area is 114 Å². The average Bonchev–Trinajstić information content (AvgIpc) is 2.46. The molecule has 0 radical (unpaired) electrons. The van der Waals surface area contributed by atoms with Gasteiger partial charge in [-0.2, -0.15) is 0 Å². The number of rotatable bonds is 5. The molecular weight excluding hydrogens is 238 g/mol. The van der Waals surface area contributed by atoms with Crippen LogP contribution in [0.15, 0.2) is 36.4 Å². The molecule has 1 N–H and O–H groups in total. The lowest BCUT2D eigenvalue weighted by Crippen LogP contribution is -2.40. The molecule has 3 heteroatoms. The monoisotopic (exact) mass is 259 g/mol. The van der Waals surface area contributed by atoms with Crippen molar-refractivity contribution in [1.29, 1.82) is 0 Å². The van der Waals surface area contributed by atoms with E-state index in [0.717, 1.165) is 42.7 Å². The highest BCUT2D eigenvalue weighted by molar-refractivity contribution is 6.00. The van der Waals surface area contributed by atoms with Gasteiger partial charge in [-0.3, -0.25) is 4.79 Å². The number of hydrogen-bond donors (Lipinski definition) is 1. The van der Waals surface area contributed by atoms with E-state index in [-0.39, 0.29) is 11.8 Å². The molecule has 1 fully saturated rings. The summed E-state index contributed by atoms with van der Waals surface area (Å²) in [6, 6.07) is 7.35. The number of carbonyl (C=O) groups is 1. The van der Waals surface area contributed by atoms with Gasteiger partial charge in [0.05, 0.1) is 6.04 Å². The fraction of sp³-hybridized carbons (Fsp3) is 0.438. The van der Waals surface area contributed by atoms with Gasteiger partial charge < -0.3 is 10.1 Å². The van der Waals surface area contributed by atoms with Crippen LogP contribution in [0, 0.1) is 0 Å². The zero-order chi connectivity index (χ0) is 13.7. The molecule has 0 bridgehead atoms. The maximum Gasteiger partial charge on any atom is 0.179 e. The first kappa shape index (κ1) is 13.8. The van der Waals surface area contributed by atoms with E-state index in [4.69, 9.17) is 4.74 Å². The normalized spacial score (nSPS) is 18.9. The Bertz CT molecular complexity index is 444. The Kier molecular flexibility index (Phi) is 4.74. The zero-order valence-electron chi connectivity index (χ0n) is 11.4. The van der Waals surface area contributed by atoms with Crippen molar-refractivity contribution >= 4 is 5.78 Å². The molecule has 1 heterocycles. The highest BCUT2D eigenvalue weighted by Crippen LogP contribution is 2.17. The molecule has 102 valence electrons. The van der Waals surface area contributed by atoms with E-state index in [2.05, 4.69) is 11.9 Å². The first-order chi connectivity index (χ1) is 9.16. The summed E-state index contributed by atoms with van der Waals surface area (Å²) in [6.07, 6.45) is 3.23. The van der Waals surface area contributed by atoms with Crippen LogP contribution in [0.1, 0.15) is 36.5 Å². The van der Waals surface area contributed by atoms with Crippen molar-refractivity contribution in [2.24, 2.45) is 0 Å². The third-order valence-electron chi connectivity index (χ3n) is 3.25. The lowest BCUT2D eigenvalue weighted by Gasteiger charge is -2.22. The molecule has 0 aromatic heterocycles. The van der Waals surface area contributed by atoms with Crippen molar-refractivity contribution in [1.82, 2.24) is 5.32 Å². The van der Waals surface area contributed by atoms with Gasteiger partial charge in [-0.1, -0.05) is 13.0 Å². The van der Waals surface area contributed by atoms with Crippen molar-refractivity contribution < 1.29 is 9.53 Å². The summed E-state index contributed by atoms with van der Waals surface area (Å²) in [5.74, 6) is 0.960. The number of Topliss-reactive ketones (excluding diaryl/α,β-unsaturated/α-hetero) is 1. The van der Waals surface area contributed by atoms with E-state index in [1.807, 2.05) is 31.2 Å². The predicted molar refractivity (Wildman–Crippen MR) is 76.7 cm³/mol. The highest BCUT2D eigenvalue weighted by atomic mass is 16.5. The molecule has 1 aliphatic rings. The van der Waals surface area contributed by atoms with Gasteiger partial charge in [0.15, 0.2) is 5.78 Å². The summed E-state index contributed by atoms with van der Waals surface area (Å²) in [5.41, 5.74) is 1.73. The third-order valence-corrected chi connectivity index (χ3v) is 3.25. The molecule has 1 atom stereocenters. The molecule has 19 heavy (non-hydrogen) atoms. The number of hydrogen-bond acceptors (Lipinski definition) is 3. The van der Waals surface area contributed by atoms with Gasteiger partial charge in [0.2, 0.25) is 0 Å². The van der Waals surface area contributed by atoms with E-state index in [0.29, 0.717) is 6.61 Å². The Morgan fingerprint density at radius 3 is 2.68 bits per heavy atom. The Balaban J connectivity index is 1.97. The van der Waals surface area contributed by atoms with Gasteiger partial charge in [-0.05, 0) is 56.1 Å². The summed E-state index contributed by atoms with van der Waals surface area (Å²) in [7, 11) is 0. The summed E-state index contributed by atoms with van der Waals surface area (Å²) in [6.45, 7) is 7.17. The smallest absolute Gasteiger partial charge is 0.179 e. The maximum atomic E-state index is 12.3. The van der Waals surface area contributed by atoms with Crippen LogP contribution in [-0.4, -0.2) is 25.0 Å². The topological polar surface area (TPSA) is 38.3 Å². The third kappa shape index (κ3) is 3.93. The van der Waals surface area contributed by atoms with E-state index >= 15 is 0 Å². The quantitative estimate of drug-likeness (QED) is 0.652. The second-order valence-corrected chi connectivity index (χ2v) is 5.14. The number of nitrogens with one attached hydrogen (secondary N) is 1. The second kappa shape index (κ2) is 6.53. The number of piperidine rings is 1. The molecule has 2 rings (SSSR count). The van der Waals surface area contributed by atoms with Crippen LogP contribution in [0.4, 0.5) is 0 Å². The van der Waals surface area contributed by atoms with Gasteiger partial charge in [0, 0.05) is 5.56 Å². The number of ketones is 1. The molecule has 0 aliphatic carbocycles. The van der Waals surface area contributed by atoms with E-state index in [1.54, 1.807) is 0 Å². The van der Waals surface area contributed by atoms with Crippen LogP contribution in [0.5, 0.6) is 5.75 Å². The van der Waals surface area contributed by atoms with Crippen LogP contribution in [-0.2, 0) is 0 Å². The highest BCUT2D eigenvalue weighted by Gasteiger charge is 2.21. The maximum absolute atomic E-state index is 12.3. The SMILES string of the molecule is C=C(C)COc1ccc(C(=O)C2CCCCN2)cc1. The largest absolute Gasteiger partial charge is 0.489 e. The van der Waals surface area contributed by atoms with Gasteiger partial charge in [0.25, 0.3) is 0 Å². The molecule has 1 aliphatic heterocycles.